The van der Waals surface area contributed by atoms with Gasteiger partial charge in [-0.25, -0.2) is 4.79 Å². The number of ether oxygens (including phenoxy) is 1. The Morgan fingerprint density at radius 3 is 2.94 bits per heavy atom. The Hall–Kier alpha value is -1.55. The summed E-state index contributed by atoms with van der Waals surface area (Å²) in [7, 11) is 1.92. The predicted molar refractivity (Wildman–Crippen MR) is 72.1 cm³/mol. The number of aryl methyl sites for hydroxylation is 1. The summed E-state index contributed by atoms with van der Waals surface area (Å²) in [5.41, 5.74) is 3.31. The zero-order chi connectivity index (χ0) is 13.1. The molecule has 98 valence electrons. The predicted octanol–water partition coefficient (Wildman–Crippen LogP) is 2.24. The van der Waals surface area contributed by atoms with Crippen molar-refractivity contribution in [2.24, 2.45) is 0 Å². The molecule has 0 aromatic heterocycles. The lowest BCUT2D eigenvalue weighted by atomic mass is 10.1. The van der Waals surface area contributed by atoms with Crippen LogP contribution in [0.1, 0.15) is 17.5 Å². The summed E-state index contributed by atoms with van der Waals surface area (Å²) in [6.45, 7) is 5.46. The lowest BCUT2D eigenvalue weighted by molar-refractivity contribution is 0.178. The maximum absolute atomic E-state index is 11.9. The molecule has 1 aliphatic heterocycles. The molecule has 1 aliphatic rings. The Bertz CT molecular complexity index is 445. The maximum atomic E-state index is 11.9. The van der Waals surface area contributed by atoms with Gasteiger partial charge in [0.25, 0.3) is 0 Å². The smallest absolute Gasteiger partial charge is 0.414 e. The van der Waals surface area contributed by atoms with Crippen LogP contribution in [0.15, 0.2) is 18.2 Å². The van der Waals surface area contributed by atoms with E-state index in [4.69, 9.17) is 4.74 Å². The highest BCUT2D eigenvalue weighted by Gasteiger charge is 2.34. The quantitative estimate of drug-likeness (QED) is 0.888. The number of hydrogen-bond donors (Lipinski definition) is 1. The molecule has 4 heteroatoms. The molecule has 1 atom stereocenters. The summed E-state index contributed by atoms with van der Waals surface area (Å²) in [4.78, 5) is 13.7. The Labute approximate surface area is 108 Å². The number of cyclic esters (lactones) is 1. The van der Waals surface area contributed by atoms with Gasteiger partial charge in [-0.2, -0.15) is 0 Å². The molecule has 0 bridgehead atoms. The molecule has 1 heterocycles. The van der Waals surface area contributed by atoms with E-state index in [1.54, 1.807) is 4.90 Å². The largest absolute Gasteiger partial charge is 0.447 e. The van der Waals surface area contributed by atoms with Crippen LogP contribution in [0, 0.1) is 13.8 Å². The summed E-state index contributed by atoms with van der Waals surface area (Å²) < 4.78 is 5.18. The summed E-state index contributed by atoms with van der Waals surface area (Å²) in [5.74, 6) is 0. The van der Waals surface area contributed by atoms with Gasteiger partial charge in [0.15, 0.2) is 0 Å². The molecule has 1 unspecified atom stereocenters. The van der Waals surface area contributed by atoms with Gasteiger partial charge in [0.2, 0.25) is 0 Å². The van der Waals surface area contributed by atoms with Crippen molar-refractivity contribution in [3.05, 3.63) is 29.3 Å². The van der Waals surface area contributed by atoms with Gasteiger partial charge in [0, 0.05) is 0 Å². The van der Waals surface area contributed by atoms with Gasteiger partial charge < -0.3 is 10.1 Å². The zero-order valence-corrected chi connectivity index (χ0v) is 11.2. The van der Waals surface area contributed by atoms with Crippen LogP contribution < -0.4 is 10.2 Å². The van der Waals surface area contributed by atoms with E-state index in [1.165, 1.54) is 5.56 Å². The summed E-state index contributed by atoms with van der Waals surface area (Å²) in [5, 5.41) is 3.11. The van der Waals surface area contributed by atoms with E-state index in [2.05, 4.69) is 18.3 Å². The third-order valence-corrected chi connectivity index (χ3v) is 3.52. The second kappa shape index (κ2) is 5.40. The Morgan fingerprint density at radius 1 is 1.44 bits per heavy atom. The molecule has 1 aromatic carbocycles. The van der Waals surface area contributed by atoms with Crippen LogP contribution in [-0.4, -0.2) is 32.3 Å². The Morgan fingerprint density at radius 2 is 2.22 bits per heavy atom. The number of rotatable bonds is 4. The van der Waals surface area contributed by atoms with Crippen molar-refractivity contribution in [3.8, 4) is 0 Å². The zero-order valence-electron chi connectivity index (χ0n) is 11.2. The van der Waals surface area contributed by atoms with E-state index in [-0.39, 0.29) is 12.1 Å². The van der Waals surface area contributed by atoms with E-state index in [0.29, 0.717) is 6.61 Å². The molecule has 0 radical (unpaired) electrons. The molecule has 1 N–H and O–H groups in total. The fourth-order valence-electron chi connectivity index (χ4n) is 2.28. The minimum atomic E-state index is -0.232. The average Bonchev–Trinajstić information content (AvgIpc) is 2.72. The number of benzene rings is 1. The number of nitrogens with zero attached hydrogens (tertiary/aromatic N) is 1. The first-order chi connectivity index (χ1) is 8.65. The molecule has 0 spiro atoms. The van der Waals surface area contributed by atoms with E-state index in [0.717, 1.165) is 24.2 Å². The van der Waals surface area contributed by atoms with Crippen LogP contribution >= 0.6 is 0 Å². The molecule has 1 aromatic rings. The van der Waals surface area contributed by atoms with Crippen molar-refractivity contribution in [1.29, 1.82) is 0 Å². The van der Waals surface area contributed by atoms with Gasteiger partial charge in [-0.1, -0.05) is 12.1 Å². The van der Waals surface area contributed by atoms with Crippen LogP contribution in [0.3, 0.4) is 0 Å². The first-order valence-electron chi connectivity index (χ1n) is 6.32. The highest BCUT2D eigenvalue weighted by atomic mass is 16.6. The molecular formula is C14H20N2O2. The van der Waals surface area contributed by atoms with E-state index in [1.807, 2.05) is 26.1 Å². The first-order valence-corrected chi connectivity index (χ1v) is 6.32. The molecule has 0 saturated carbocycles. The van der Waals surface area contributed by atoms with Gasteiger partial charge in [0.05, 0.1) is 11.7 Å². The van der Waals surface area contributed by atoms with Crippen molar-refractivity contribution in [3.63, 3.8) is 0 Å². The van der Waals surface area contributed by atoms with Gasteiger partial charge in [-0.3, -0.25) is 4.90 Å². The van der Waals surface area contributed by atoms with Gasteiger partial charge in [0.1, 0.15) is 6.61 Å². The molecular weight excluding hydrogens is 228 g/mol. The maximum Gasteiger partial charge on any atom is 0.414 e. The van der Waals surface area contributed by atoms with Crippen LogP contribution in [0.2, 0.25) is 0 Å². The number of hydrogen-bond acceptors (Lipinski definition) is 3. The summed E-state index contributed by atoms with van der Waals surface area (Å²) in [6.07, 6.45) is 0.667. The van der Waals surface area contributed by atoms with Crippen molar-refractivity contribution in [2.45, 2.75) is 26.3 Å². The molecule has 18 heavy (non-hydrogen) atoms. The van der Waals surface area contributed by atoms with Crippen molar-refractivity contribution < 1.29 is 9.53 Å². The number of amides is 1. The fourth-order valence-corrected chi connectivity index (χ4v) is 2.28. The topological polar surface area (TPSA) is 41.6 Å². The van der Waals surface area contributed by atoms with E-state index in [9.17, 15) is 4.79 Å². The van der Waals surface area contributed by atoms with Gasteiger partial charge in [-0.15, -0.1) is 0 Å². The second-order valence-corrected chi connectivity index (χ2v) is 4.71. The number of nitrogens with one attached hydrogen (secondary N) is 1. The summed E-state index contributed by atoms with van der Waals surface area (Å²) in [6, 6.07) is 6.16. The number of anilines is 1. The summed E-state index contributed by atoms with van der Waals surface area (Å²) >= 11 is 0. The highest BCUT2D eigenvalue weighted by Crippen LogP contribution is 2.29. The second-order valence-electron chi connectivity index (χ2n) is 4.71. The molecule has 1 amide bonds. The monoisotopic (exact) mass is 248 g/mol. The SMILES string of the molecule is CNCCC1COC(=O)N1c1cccc(C)c1C. The van der Waals surface area contributed by atoms with Crippen molar-refractivity contribution >= 4 is 11.8 Å². The van der Waals surface area contributed by atoms with Crippen LogP contribution in [0.25, 0.3) is 0 Å². The van der Waals surface area contributed by atoms with E-state index >= 15 is 0 Å². The Kier molecular flexibility index (Phi) is 3.87. The molecule has 2 rings (SSSR count). The third kappa shape index (κ3) is 2.34. The van der Waals surface area contributed by atoms with Crippen LogP contribution in [-0.2, 0) is 4.74 Å². The van der Waals surface area contributed by atoms with Crippen LogP contribution in [0.4, 0.5) is 10.5 Å². The van der Waals surface area contributed by atoms with Crippen molar-refractivity contribution in [2.75, 3.05) is 25.1 Å². The first kappa shape index (κ1) is 12.9. The third-order valence-electron chi connectivity index (χ3n) is 3.52. The molecule has 1 fully saturated rings. The number of carbonyl (C=O) groups excluding carboxylic acids is 1. The van der Waals surface area contributed by atoms with Crippen molar-refractivity contribution in [1.82, 2.24) is 5.32 Å². The fraction of sp³-hybridized carbons (Fsp3) is 0.500. The van der Waals surface area contributed by atoms with Crippen LogP contribution in [0.5, 0.6) is 0 Å². The minimum Gasteiger partial charge on any atom is -0.447 e. The van der Waals surface area contributed by atoms with Gasteiger partial charge in [-0.05, 0) is 51.1 Å². The highest BCUT2D eigenvalue weighted by molar-refractivity contribution is 5.91. The van der Waals surface area contributed by atoms with Gasteiger partial charge >= 0.3 is 6.09 Å². The molecule has 4 nitrogen and oxygen atoms in total. The normalized spacial score (nSPS) is 19.2. The standard InChI is InChI=1S/C14H20N2O2/c1-10-5-4-6-13(11(10)2)16-12(7-8-15-3)9-18-14(16)17/h4-6,12,15H,7-9H2,1-3H3. The minimum absolute atomic E-state index is 0.130. The molecule has 1 saturated heterocycles. The van der Waals surface area contributed by atoms with E-state index < -0.39 is 0 Å². The molecule has 0 aliphatic carbocycles. The number of carbonyl (C=O) groups is 1. The lowest BCUT2D eigenvalue weighted by Crippen LogP contribution is -2.36. The average molecular weight is 248 g/mol. The lowest BCUT2D eigenvalue weighted by Gasteiger charge is -2.23. The Balaban J connectivity index is 2.28.